The predicted molar refractivity (Wildman–Crippen MR) is 119 cm³/mol. The number of nitrogens with zero attached hydrogens (tertiary/aromatic N) is 3. The first kappa shape index (κ1) is 21.6. The van der Waals surface area contributed by atoms with E-state index in [9.17, 15) is 18.4 Å². The molecule has 0 aliphatic carbocycles. The number of fused-ring (bicyclic) bond motifs is 1. The van der Waals surface area contributed by atoms with Gasteiger partial charge < -0.3 is 4.90 Å². The van der Waals surface area contributed by atoms with Crippen LogP contribution in [-0.4, -0.2) is 33.9 Å². The quantitative estimate of drug-likeness (QED) is 0.535. The van der Waals surface area contributed by atoms with Crippen LogP contribution in [0.4, 0.5) is 14.5 Å². The molecule has 3 aromatic rings. The Morgan fingerprint density at radius 3 is 2.50 bits per heavy atom. The highest BCUT2D eigenvalue weighted by Crippen LogP contribution is 2.43. The smallest absolute Gasteiger partial charge is 0.275 e. The van der Waals surface area contributed by atoms with Crippen molar-refractivity contribution in [3.63, 3.8) is 0 Å². The molecular formula is C25H23F2N3O2. The van der Waals surface area contributed by atoms with E-state index in [2.05, 4.69) is 5.10 Å². The highest BCUT2D eigenvalue weighted by Gasteiger charge is 2.41. The third-order valence-corrected chi connectivity index (χ3v) is 5.55. The van der Waals surface area contributed by atoms with Gasteiger partial charge in [-0.05, 0) is 62.7 Å². The lowest BCUT2D eigenvalue weighted by Gasteiger charge is -2.23. The average molecular weight is 435 g/mol. The maximum Gasteiger partial charge on any atom is 0.275 e. The van der Waals surface area contributed by atoms with Crippen molar-refractivity contribution in [2.75, 3.05) is 11.4 Å². The van der Waals surface area contributed by atoms with E-state index in [4.69, 9.17) is 0 Å². The summed E-state index contributed by atoms with van der Waals surface area (Å²) in [4.78, 5) is 26.5. The van der Waals surface area contributed by atoms with Gasteiger partial charge in [-0.2, -0.15) is 5.10 Å². The van der Waals surface area contributed by atoms with Gasteiger partial charge >= 0.3 is 0 Å². The van der Waals surface area contributed by atoms with Gasteiger partial charge in [0, 0.05) is 35.9 Å². The summed E-state index contributed by atoms with van der Waals surface area (Å²) >= 11 is 0. The van der Waals surface area contributed by atoms with Gasteiger partial charge in [0.15, 0.2) is 5.78 Å². The lowest BCUT2D eigenvalue weighted by atomic mass is 9.96. The molecule has 0 unspecified atom stereocenters. The van der Waals surface area contributed by atoms with Crippen LogP contribution >= 0.6 is 0 Å². The molecule has 0 bridgehead atoms. The van der Waals surface area contributed by atoms with Gasteiger partial charge in [-0.25, -0.2) is 13.5 Å². The second-order valence-corrected chi connectivity index (χ2v) is 8.00. The zero-order valence-electron chi connectivity index (χ0n) is 18.1. The average Bonchev–Trinajstić information content (AvgIpc) is 3.14. The number of halogens is 2. The summed E-state index contributed by atoms with van der Waals surface area (Å²) in [7, 11) is 0. The number of aromatic nitrogens is 2. The van der Waals surface area contributed by atoms with Crippen molar-refractivity contribution in [3.8, 4) is 5.69 Å². The number of carbonyl (C=O) groups is 2. The Bertz CT molecular complexity index is 1240. The second-order valence-electron chi connectivity index (χ2n) is 8.00. The van der Waals surface area contributed by atoms with Crippen LogP contribution in [0.1, 0.15) is 40.5 Å². The number of alkyl halides is 2. The molecule has 4 rings (SSSR count). The van der Waals surface area contributed by atoms with Crippen LogP contribution in [0, 0.1) is 13.8 Å². The molecule has 0 spiro atoms. The van der Waals surface area contributed by atoms with E-state index < -0.39 is 18.1 Å². The van der Waals surface area contributed by atoms with Crippen LogP contribution in [0.2, 0.25) is 0 Å². The first-order chi connectivity index (χ1) is 15.2. The summed E-state index contributed by atoms with van der Waals surface area (Å²) < 4.78 is 31.6. The number of benzene rings is 2. The minimum atomic E-state index is -3.23. The van der Waals surface area contributed by atoms with Crippen molar-refractivity contribution in [1.29, 1.82) is 0 Å². The van der Waals surface area contributed by atoms with Crippen molar-refractivity contribution in [2.45, 2.75) is 33.1 Å². The molecule has 5 nitrogen and oxygen atoms in total. The third kappa shape index (κ3) is 3.98. The maximum atomic E-state index is 15.0. The molecule has 2 heterocycles. The molecule has 0 atom stereocenters. The van der Waals surface area contributed by atoms with E-state index in [0.29, 0.717) is 16.8 Å². The van der Waals surface area contributed by atoms with Gasteiger partial charge in [0.1, 0.15) is 0 Å². The molecule has 1 aliphatic heterocycles. The first-order valence-corrected chi connectivity index (χ1v) is 10.3. The van der Waals surface area contributed by atoms with Gasteiger partial charge in [0.25, 0.3) is 11.8 Å². The highest BCUT2D eigenvalue weighted by atomic mass is 19.3. The Kier molecular flexibility index (Phi) is 5.50. The third-order valence-electron chi connectivity index (χ3n) is 5.55. The van der Waals surface area contributed by atoms with E-state index in [1.807, 2.05) is 32.2 Å². The van der Waals surface area contributed by atoms with Crippen molar-refractivity contribution in [3.05, 3.63) is 83.2 Å². The fourth-order valence-corrected chi connectivity index (χ4v) is 3.97. The van der Waals surface area contributed by atoms with Crippen LogP contribution in [-0.2, 0) is 4.79 Å². The number of ketones is 1. The van der Waals surface area contributed by atoms with Crippen LogP contribution in [0.5, 0.6) is 0 Å². The van der Waals surface area contributed by atoms with Crippen LogP contribution in [0.3, 0.4) is 0 Å². The molecule has 7 heteroatoms. The van der Waals surface area contributed by atoms with Gasteiger partial charge in [-0.15, -0.1) is 0 Å². The Labute approximate surface area is 185 Å². The number of aryl methyl sites for hydroxylation is 2. The standard InChI is InChI=1S/C25H23F2N3O2/c1-16-14-19(30-12-10-17(2)28-30)8-9-20(16)24(32)29-13-11-25(26,27)22(15-18(3)31)21-6-4-5-7-23(21)29/h4-10,12,14-15H,11,13H2,1-3H3/b22-15-. The Morgan fingerprint density at radius 2 is 1.84 bits per heavy atom. The molecule has 1 aromatic heterocycles. The molecule has 1 amide bonds. The normalized spacial score (nSPS) is 16.5. The maximum absolute atomic E-state index is 15.0. The number of hydrogen-bond donors (Lipinski definition) is 0. The van der Waals surface area contributed by atoms with Gasteiger partial charge in [0.2, 0.25) is 0 Å². The topological polar surface area (TPSA) is 55.2 Å². The zero-order chi connectivity index (χ0) is 23.0. The summed E-state index contributed by atoms with van der Waals surface area (Å²) in [5.41, 5.74) is 3.04. The Hall–Kier alpha value is -3.61. The summed E-state index contributed by atoms with van der Waals surface area (Å²) in [6, 6.07) is 13.7. The van der Waals surface area contributed by atoms with Crippen LogP contribution < -0.4 is 4.90 Å². The number of carbonyl (C=O) groups excluding carboxylic acids is 2. The Balaban J connectivity index is 1.76. The molecule has 0 saturated carbocycles. The van der Waals surface area contributed by atoms with E-state index in [1.54, 1.807) is 35.0 Å². The molecule has 164 valence electrons. The summed E-state index contributed by atoms with van der Waals surface area (Å²) in [6.07, 6.45) is 2.23. The number of rotatable bonds is 3. The molecule has 0 saturated heterocycles. The number of allylic oxidation sites excluding steroid dienone is 2. The summed E-state index contributed by atoms with van der Waals surface area (Å²) in [6.45, 7) is 4.78. The number of hydrogen-bond acceptors (Lipinski definition) is 3. The molecule has 1 aliphatic rings. The zero-order valence-corrected chi connectivity index (χ0v) is 18.1. The molecule has 2 aromatic carbocycles. The van der Waals surface area contributed by atoms with Crippen molar-refractivity contribution in [2.24, 2.45) is 0 Å². The number of anilines is 1. The van der Waals surface area contributed by atoms with Crippen LogP contribution in [0.25, 0.3) is 11.3 Å². The minimum Gasteiger partial charge on any atom is -0.308 e. The van der Waals surface area contributed by atoms with E-state index in [-0.39, 0.29) is 23.6 Å². The van der Waals surface area contributed by atoms with Gasteiger partial charge in [-0.3, -0.25) is 9.59 Å². The van der Waals surface area contributed by atoms with Crippen molar-refractivity contribution < 1.29 is 18.4 Å². The molecule has 0 fully saturated rings. The summed E-state index contributed by atoms with van der Waals surface area (Å²) in [5.74, 6) is -4.05. The first-order valence-electron chi connectivity index (χ1n) is 10.3. The fourth-order valence-electron chi connectivity index (χ4n) is 3.97. The molecule has 32 heavy (non-hydrogen) atoms. The highest BCUT2D eigenvalue weighted by molar-refractivity contribution is 6.09. The van der Waals surface area contributed by atoms with E-state index >= 15 is 0 Å². The largest absolute Gasteiger partial charge is 0.308 e. The Morgan fingerprint density at radius 1 is 1.09 bits per heavy atom. The lowest BCUT2D eigenvalue weighted by Crippen LogP contribution is -2.33. The van der Waals surface area contributed by atoms with E-state index in [0.717, 1.165) is 17.5 Å². The van der Waals surface area contributed by atoms with E-state index in [1.165, 1.54) is 17.9 Å². The second kappa shape index (κ2) is 8.15. The molecule has 0 N–H and O–H groups in total. The minimum absolute atomic E-state index is 0.169. The molecule has 0 radical (unpaired) electrons. The number of amides is 1. The predicted octanol–water partition coefficient (Wildman–Crippen LogP) is 5.15. The molecular weight excluding hydrogens is 412 g/mol. The van der Waals surface area contributed by atoms with Crippen molar-refractivity contribution in [1.82, 2.24) is 9.78 Å². The monoisotopic (exact) mass is 435 g/mol. The van der Waals surface area contributed by atoms with Gasteiger partial charge in [-0.1, -0.05) is 18.2 Å². The van der Waals surface area contributed by atoms with Crippen LogP contribution in [0.15, 0.2) is 60.8 Å². The van der Waals surface area contributed by atoms with Crippen molar-refractivity contribution >= 4 is 23.0 Å². The number of para-hydroxylation sites is 1. The summed E-state index contributed by atoms with van der Waals surface area (Å²) in [5, 5.41) is 4.38. The van der Waals surface area contributed by atoms with Gasteiger partial charge in [0.05, 0.1) is 17.1 Å². The SMILES string of the molecule is CC(=O)/C=C1/c2ccccc2N(C(=O)c2ccc(-n3ccc(C)n3)cc2C)CCC1(F)F. The fraction of sp³-hybridized carbons (Fsp3) is 0.240. The lowest BCUT2D eigenvalue weighted by molar-refractivity contribution is -0.112.